The number of thiophene rings is 1. The van der Waals surface area contributed by atoms with Crippen LogP contribution in [0.2, 0.25) is 0 Å². The number of fused-ring (bicyclic) bond motifs is 9. The lowest BCUT2D eigenvalue weighted by atomic mass is 9.96. The van der Waals surface area contributed by atoms with Gasteiger partial charge in [-0.25, -0.2) is 15.0 Å². The minimum Gasteiger partial charge on any atom is -0.456 e. The second-order valence-corrected chi connectivity index (χ2v) is 13.7. The number of nitrogens with zero attached hydrogens (tertiary/aromatic N) is 4. The average molecular weight is 673 g/mol. The Balaban J connectivity index is 1.14. The van der Waals surface area contributed by atoms with Crippen LogP contribution in [0.15, 0.2) is 155 Å². The van der Waals surface area contributed by atoms with Crippen molar-refractivity contribution in [2.24, 2.45) is 0 Å². The zero-order valence-corrected chi connectivity index (χ0v) is 27.7. The lowest BCUT2D eigenvalue weighted by Gasteiger charge is -2.10. The van der Waals surface area contributed by atoms with E-state index in [1.54, 1.807) is 12.4 Å². The summed E-state index contributed by atoms with van der Waals surface area (Å²) in [6.45, 7) is 0. The number of benzene rings is 6. The highest BCUT2D eigenvalue weighted by Crippen LogP contribution is 2.43. The summed E-state index contributed by atoms with van der Waals surface area (Å²) in [6, 6.07) is 45.8. The van der Waals surface area contributed by atoms with Crippen molar-refractivity contribution in [2.45, 2.75) is 0 Å². The minimum atomic E-state index is 0.513. The Kier molecular flexibility index (Phi) is 6.02. The summed E-state index contributed by atoms with van der Waals surface area (Å²) < 4.78 is 15.5. The Hall–Kier alpha value is -6.70. The van der Waals surface area contributed by atoms with E-state index in [2.05, 4.69) is 83.8 Å². The molecule has 11 rings (SSSR count). The SMILES string of the molecule is c1cncc(-c2nc(-c3ccc4c(c3)oc3ccccc34)nc(-c3ccc(-c4ccc5c(c4)sc4ccccc45)c4c3oc3ccccc34)n2)c1. The summed E-state index contributed by atoms with van der Waals surface area (Å²) in [5.41, 5.74) is 7.78. The van der Waals surface area contributed by atoms with Gasteiger partial charge in [0.2, 0.25) is 0 Å². The van der Waals surface area contributed by atoms with Gasteiger partial charge in [0.25, 0.3) is 0 Å². The van der Waals surface area contributed by atoms with Crippen molar-refractivity contribution in [3.63, 3.8) is 0 Å². The van der Waals surface area contributed by atoms with E-state index in [9.17, 15) is 0 Å². The highest BCUT2D eigenvalue weighted by molar-refractivity contribution is 7.25. The fourth-order valence-electron chi connectivity index (χ4n) is 7.25. The van der Waals surface area contributed by atoms with Gasteiger partial charge in [-0.3, -0.25) is 4.98 Å². The van der Waals surface area contributed by atoms with Gasteiger partial charge in [-0.1, -0.05) is 78.9 Å². The third-order valence-electron chi connectivity index (χ3n) is 9.65. The number of hydrogen-bond donors (Lipinski definition) is 0. The largest absolute Gasteiger partial charge is 0.456 e. The molecular weight excluding hydrogens is 649 g/mol. The van der Waals surface area contributed by atoms with Crippen molar-refractivity contribution in [1.29, 1.82) is 0 Å². The Labute approximate surface area is 294 Å². The molecule has 0 saturated heterocycles. The molecule has 238 valence electrons. The smallest absolute Gasteiger partial charge is 0.167 e. The number of para-hydroxylation sites is 2. The number of rotatable bonds is 4. The zero-order valence-electron chi connectivity index (χ0n) is 26.9. The van der Waals surface area contributed by atoms with E-state index in [4.69, 9.17) is 23.8 Å². The van der Waals surface area contributed by atoms with Crippen LogP contribution in [0.1, 0.15) is 0 Å². The highest BCUT2D eigenvalue weighted by Gasteiger charge is 2.21. The van der Waals surface area contributed by atoms with Gasteiger partial charge in [-0.15, -0.1) is 11.3 Å². The van der Waals surface area contributed by atoms with Crippen molar-refractivity contribution in [1.82, 2.24) is 19.9 Å². The van der Waals surface area contributed by atoms with E-state index in [0.717, 1.165) is 71.7 Å². The predicted molar refractivity (Wildman–Crippen MR) is 207 cm³/mol. The second kappa shape index (κ2) is 10.9. The first-order valence-corrected chi connectivity index (χ1v) is 17.5. The molecule has 0 spiro atoms. The third kappa shape index (κ3) is 4.42. The molecule has 0 amide bonds. The average Bonchev–Trinajstić information content (AvgIpc) is 3.88. The van der Waals surface area contributed by atoms with Crippen molar-refractivity contribution >= 4 is 75.4 Å². The molecule has 0 fully saturated rings. The normalized spacial score (nSPS) is 11.9. The number of aromatic nitrogens is 4. The van der Waals surface area contributed by atoms with Gasteiger partial charge < -0.3 is 8.83 Å². The fraction of sp³-hybridized carbons (Fsp3) is 0. The van der Waals surface area contributed by atoms with Gasteiger partial charge in [0.05, 0.1) is 5.56 Å². The summed E-state index contributed by atoms with van der Waals surface area (Å²) in [4.78, 5) is 19.5. The summed E-state index contributed by atoms with van der Waals surface area (Å²) in [5.74, 6) is 1.57. The van der Waals surface area contributed by atoms with Crippen LogP contribution in [0.3, 0.4) is 0 Å². The van der Waals surface area contributed by atoms with Gasteiger partial charge in [0.15, 0.2) is 17.5 Å². The standard InChI is InChI=1S/C44H24N4O2S/c1-4-12-35-29(9-1)30-17-16-26(22-37(30)49-35)42-46-43(27-8-7-21-45-24-27)48-44(47-42)34-20-19-28(40-33-11-2-5-13-36(33)50-41(34)40)25-15-18-32-31-10-3-6-14-38(31)51-39(32)23-25/h1-24H. The maximum absolute atomic E-state index is 6.69. The van der Waals surface area contributed by atoms with Gasteiger partial charge in [-0.2, -0.15) is 0 Å². The molecule has 0 bridgehead atoms. The Morgan fingerprint density at radius 2 is 1.10 bits per heavy atom. The highest BCUT2D eigenvalue weighted by atomic mass is 32.1. The van der Waals surface area contributed by atoms with Crippen molar-refractivity contribution < 1.29 is 8.83 Å². The first-order valence-electron chi connectivity index (χ1n) is 16.7. The molecule has 0 unspecified atom stereocenters. The molecular formula is C44H24N4O2S. The van der Waals surface area contributed by atoms with Gasteiger partial charge in [0.1, 0.15) is 22.3 Å². The van der Waals surface area contributed by atoms with Gasteiger partial charge >= 0.3 is 0 Å². The maximum atomic E-state index is 6.69. The van der Waals surface area contributed by atoms with E-state index in [1.165, 1.54) is 20.2 Å². The van der Waals surface area contributed by atoms with Crippen molar-refractivity contribution in [3.8, 4) is 45.3 Å². The van der Waals surface area contributed by atoms with Crippen molar-refractivity contribution in [2.75, 3.05) is 0 Å². The molecule has 0 atom stereocenters. The molecule has 7 heteroatoms. The molecule has 0 N–H and O–H groups in total. The van der Waals surface area contributed by atoms with Crippen molar-refractivity contribution in [3.05, 3.63) is 146 Å². The van der Waals surface area contributed by atoms with Crippen LogP contribution in [0.5, 0.6) is 0 Å². The molecule has 11 aromatic rings. The zero-order chi connectivity index (χ0) is 33.5. The van der Waals surface area contributed by atoms with Crippen LogP contribution in [0, 0.1) is 0 Å². The van der Waals surface area contributed by atoms with Crippen LogP contribution in [-0.4, -0.2) is 19.9 Å². The van der Waals surface area contributed by atoms with Crippen LogP contribution >= 0.6 is 11.3 Å². The van der Waals surface area contributed by atoms with Crippen LogP contribution < -0.4 is 0 Å². The Morgan fingerprint density at radius 1 is 0.431 bits per heavy atom. The monoisotopic (exact) mass is 672 g/mol. The molecule has 0 radical (unpaired) electrons. The first kappa shape index (κ1) is 28.2. The number of hydrogen-bond acceptors (Lipinski definition) is 7. The Morgan fingerprint density at radius 3 is 1.96 bits per heavy atom. The fourth-order valence-corrected chi connectivity index (χ4v) is 8.40. The summed E-state index contributed by atoms with van der Waals surface area (Å²) in [7, 11) is 0. The molecule has 5 heterocycles. The van der Waals surface area contributed by atoms with Gasteiger partial charge in [-0.05, 0) is 65.7 Å². The van der Waals surface area contributed by atoms with E-state index < -0.39 is 0 Å². The lowest BCUT2D eigenvalue weighted by molar-refractivity contribution is 0.668. The van der Waals surface area contributed by atoms with E-state index in [-0.39, 0.29) is 0 Å². The lowest BCUT2D eigenvalue weighted by Crippen LogP contribution is -2.00. The van der Waals surface area contributed by atoms with Crippen LogP contribution in [-0.2, 0) is 0 Å². The molecule has 0 aliphatic heterocycles. The third-order valence-corrected chi connectivity index (χ3v) is 10.8. The summed E-state index contributed by atoms with van der Waals surface area (Å²) >= 11 is 1.82. The molecule has 0 aliphatic carbocycles. The van der Waals surface area contributed by atoms with Gasteiger partial charge in [0, 0.05) is 65.2 Å². The predicted octanol–water partition coefficient (Wildman–Crippen LogP) is 12.1. The second-order valence-electron chi connectivity index (χ2n) is 12.6. The molecule has 51 heavy (non-hydrogen) atoms. The van der Waals surface area contributed by atoms with E-state index in [1.807, 2.05) is 65.9 Å². The quantitative estimate of drug-likeness (QED) is 0.185. The molecule has 0 aliphatic rings. The van der Waals surface area contributed by atoms with Crippen LogP contribution in [0.25, 0.3) is 109 Å². The molecule has 5 aromatic heterocycles. The number of furan rings is 2. The molecule has 6 nitrogen and oxygen atoms in total. The molecule has 0 saturated carbocycles. The summed E-state index contributed by atoms with van der Waals surface area (Å²) in [5, 5.41) is 6.74. The molecule has 6 aromatic carbocycles. The van der Waals surface area contributed by atoms with E-state index in [0.29, 0.717) is 17.5 Å². The summed E-state index contributed by atoms with van der Waals surface area (Å²) in [6.07, 6.45) is 3.52. The topological polar surface area (TPSA) is 77.8 Å². The Bertz CT molecular complexity index is 3160. The van der Waals surface area contributed by atoms with Crippen LogP contribution in [0.4, 0.5) is 0 Å². The van der Waals surface area contributed by atoms with E-state index >= 15 is 0 Å². The first-order chi connectivity index (χ1) is 25.2. The minimum absolute atomic E-state index is 0.513. The maximum Gasteiger partial charge on any atom is 0.167 e. The number of pyridine rings is 1.